The molecule has 3 N–H and O–H groups in total. The van der Waals surface area contributed by atoms with Crippen LogP contribution in [-0.4, -0.2) is 46.6 Å². The number of sulfonamides is 1. The van der Waals surface area contributed by atoms with Gasteiger partial charge in [0.1, 0.15) is 5.01 Å². The highest BCUT2D eigenvalue weighted by molar-refractivity contribution is 7.89. The second-order valence-electron chi connectivity index (χ2n) is 7.36. The fourth-order valence-electron chi connectivity index (χ4n) is 3.22. The molecular formula is C23H24N6O3S2. The van der Waals surface area contributed by atoms with Crippen LogP contribution in [0, 0.1) is 6.92 Å². The Labute approximate surface area is 202 Å². The zero-order valence-electron chi connectivity index (χ0n) is 18.7. The summed E-state index contributed by atoms with van der Waals surface area (Å²) >= 11 is 1.56. The summed E-state index contributed by atoms with van der Waals surface area (Å²) in [6.45, 7) is 3.72. The van der Waals surface area contributed by atoms with Gasteiger partial charge in [0.05, 0.1) is 27.8 Å². The Hall–Kier alpha value is -3.25. The van der Waals surface area contributed by atoms with E-state index in [1.54, 1.807) is 35.9 Å². The zero-order chi connectivity index (χ0) is 24.1. The summed E-state index contributed by atoms with van der Waals surface area (Å²) in [5, 5.41) is 12.8. The van der Waals surface area contributed by atoms with E-state index in [2.05, 4.69) is 38.0 Å². The minimum Gasteiger partial charge on any atom is -0.395 e. The highest BCUT2D eigenvalue weighted by atomic mass is 32.2. The van der Waals surface area contributed by atoms with Crippen LogP contribution >= 0.6 is 11.3 Å². The molecule has 0 fully saturated rings. The molecule has 3 aromatic heterocycles. The van der Waals surface area contributed by atoms with Gasteiger partial charge in [0.25, 0.3) is 0 Å². The molecule has 9 nitrogen and oxygen atoms in total. The van der Waals surface area contributed by atoms with Gasteiger partial charge in [0.2, 0.25) is 16.0 Å². The molecule has 4 aromatic rings. The largest absolute Gasteiger partial charge is 0.395 e. The number of rotatable bonds is 9. The van der Waals surface area contributed by atoms with Gasteiger partial charge in [0.15, 0.2) is 0 Å². The lowest BCUT2D eigenvalue weighted by molar-refractivity contribution is 0.301. The summed E-state index contributed by atoms with van der Waals surface area (Å²) in [6.07, 6.45) is 4.33. The number of aromatic nitrogens is 4. The molecule has 0 aliphatic carbocycles. The minimum absolute atomic E-state index is 0.0391. The van der Waals surface area contributed by atoms with Crippen molar-refractivity contribution in [1.29, 1.82) is 0 Å². The number of aliphatic hydroxyl groups excluding tert-OH is 1. The molecule has 0 bridgehead atoms. The molecule has 0 saturated carbocycles. The molecule has 176 valence electrons. The van der Waals surface area contributed by atoms with Crippen LogP contribution in [0.1, 0.15) is 18.3 Å². The van der Waals surface area contributed by atoms with Crippen LogP contribution in [-0.2, 0) is 16.4 Å². The lowest BCUT2D eigenvalue weighted by Gasteiger charge is -2.08. The number of nitrogens with zero attached hydrogens (tertiary/aromatic N) is 4. The van der Waals surface area contributed by atoms with Crippen molar-refractivity contribution in [2.75, 3.05) is 18.5 Å². The first-order valence-corrected chi connectivity index (χ1v) is 12.9. The van der Waals surface area contributed by atoms with E-state index in [4.69, 9.17) is 10.1 Å². The topological polar surface area (TPSA) is 130 Å². The van der Waals surface area contributed by atoms with Crippen molar-refractivity contribution in [2.24, 2.45) is 0 Å². The molecule has 0 amide bonds. The number of aliphatic hydroxyl groups is 1. The molecule has 0 saturated heterocycles. The average Bonchev–Trinajstić information content (AvgIpc) is 3.25. The number of thiazole rings is 1. The zero-order valence-corrected chi connectivity index (χ0v) is 20.3. The number of aryl methyl sites for hydroxylation is 2. The van der Waals surface area contributed by atoms with Crippen LogP contribution in [0.25, 0.3) is 21.1 Å². The fraction of sp³-hybridized carbons (Fsp3) is 0.217. The Bertz CT molecular complexity index is 1390. The predicted octanol–water partition coefficient (Wildman–Crippen LogP) is 3.55. The van der Waals surface area contributed by atoms with Crippen molar-refractivity contribution in [3.05, 3.63) is 66.2 Å². The lowest BCUT2D eigenvalue weighted by Crippen LogP contribution is -2.26. The molecule has 0 radical (unpaired) electrons. The van der Waals surface area contributed by atoms with E-state index in [-0.39, 0.29) is 18.0 Å². The van der Waals surface area contributed by atoms with Crippen LogP contribution in [0.4, 0.5) is 11.6 Å². The first kappa shape index (κ1) is 23.9. The highest BCUT2D eigenvalue weighted by Crippen LogP contribution is 2.34. The molecule has 0 unspecified atom stereocenters. The first-order valence-electron chi connectivity index (χ1n) is 10.6. The van der Waals surface area contributed by atoms with Gasteiger partial charge in [0, 0.05) is 35.9 Å². The van der Waals surface area contributed by atoms with Crippen molar-refractivity contribution < 1.29 is 13.5 Å². The van der Waals surface area contributed by atoms with E-state index in [0.717, 1.165) is 39.0 Å². The van der Waals surface area contributed by atoms with Gasteiger partial charge in [-0.15, -0.1) is 11.3 Å². The SMILES string of the molecule is CCc1cc(-c2nc(C)c(-c3ccnc(Nc4ccc(S(=O)(=O)NCCO)cc4)n3)s2)ccn1. The Morgan fingerprint density at radius 2 is 1.79 bits per heavy atom. The third kappa shape index (κ3) is 5.45. The summed E-state index contributed by atoms with van der Waals surface area (Å²) < 4.78 is 26.6. The summed E-state index contributed by atoms with van der Waals surface area (Å²) in [7, 11) is -3.66. The average molecular weight is 497 g/mol. The van der Waals surface area contributed by atoms with Crippen LogP contribution in [0.3, 0.4) is 0 Å². The standard InChI is InChI=1S/C23H24N6O3S2/c1-3-17-14-16(8-10-24-17)22-27-15(2)21(33-22)20-9-11-25-23(29-20)28-18-4-6-19(7-5-18)34(31,32)26-12-13-30/h4-11,14,26,30H,3,12-13H2,1-2H3,(H,25,28,29). The smallest absolute Gasteiger partial charge is 0.240 e. The molecule has 34 heavy (non-hydrogen) atoms. The molecule has 1 aromatic carbocycles. The normalized spacial score (nSPS) is 11.5. The van der Waals surface area contributed by atoms with Crippen LogP contribution in [0.15, 0.2) is 59.8 Å². The third-order valence-corrected chi connectivity index (χ3v) is 7.64. The second-order valence-corrected chi connectivity index (χ2v) is 10.1. The Balaban J connectivity index is 1.54. The quantitative estimate of drug-likeness (QED) is 0.321. The van der Waals surface area contributed by atoms with Gasteiger partial charge in [-0.05, 0) is 55.8 Å². The predicted molar refractivity (Wildman–Crippen MR) is 132 cm³/mol. The monoisotopic (exact) mass is 496 g/mol. The molecule has 11 heteroatoms. The van der Waals surface area contributed by atoms with Gasteiger partial charge >= 0.3 is 0 Å². The maximum Gasteiger partial charge on any atom is 0.240 e. The van der Waals surface area contributed by atoms with Crippen LogP contribution in [0.2, 0.25) is 0 Å². The summed E-state index contributed by atoms with van der Waals surface area (Å²) in [6, 6.07) is 12.1. The highest BCUT2D eigenvalue weighted by Gasteiger charge is 2.15. The maximum absolute atomic E-state index is 12.2. The van der Waals surface area contributed by atoms with Crippen molar-refractivity contribution >= 4 is 33.0 Å². The van der Waals surface area contributed by atoms with Crippen molar-refractivity contribution in [1.82, 2.24) is 24.7 Å². The molecular weight excluding hydrogens is 472 g/mol. The Kier molecular flexibility index (Phi) is 7.27. The Morgan fingerprint density at radius 3 is 2.53 bits per heavy atom. The second kappa shape index (κ2) is 10.3. The van der Waals surface area contributed by atoms with Crippen molar-refractivity contribution in [3.63, 3.8) is 0 Å². The van der Waals surface area contributed by atoms with E-state index in [9.17, 15) is 8.42 Å². The molecule has 0 atom stereocenters. The number of hydrogen-bond donors (Lipinski definition) is 3. The minimum atomic E-state index is -3.66. The molecule has 0 spiro atoms. The summed E-state index contributed by atoms with van der Waals surface area (Å²) in [5.74, 6) is 0.387. The van der Waals surface area contributed by atoms with Gasteiger partial charge in [-0.1, -0.05) is 6.92 Å². The number of benzene rings is 1. The maximum atomic E-state index is 12.2. The van der Waals surface area contributed by atoms with Crippen molar-refractivity contribution in [3.8, 4) is 21.1 Å². The lowest BCUT2D eigenvalue weighted by atomic mass is 10.2. The van der Waals surface area contributed by atoms with Gasteiger partial charge in [-0.3, -0.25) is 4.98 Å². The molecule has 4 rings (SSSR count). The number of pyridine rings is 1. The molecule has 3 heterocycles. The van der Waals surface area contributed by atoms with E-state index in [1.807, 2.05) is 19.1 Å². The van der Waals surface area contributed by atoms with E-state index >= 15 is 0 Å². The van der Waals surface area contributed by atoms with E-state index in [1.165, 1.54) is 12.1 Å². The van der Waals surface area contributed by atoms with Gasteiger partial charge in [-0.25, -0.2) is 28.1 Å². The van der Waals surface area contributed by atoms with Gasteiger partial charge < -0.3 is 10.4 Å². The summed E-state index contributed by atoms with van der Waals surface area (Å²) in [5.41, 5.74) is 4.31. The number of anilines is 2. The van der Waals surface area contributed by atoms with Gasteiger partial charge in [-0.2, -0.15) is 0 Å². The van der Waals surface area contributed by atoms with E-state index in [0.29, 0.717) is 11.6 Å². The fourth-order valence-corrected chi connectivity index (χ4v) is 5.27. The van der Waals surface area contributed by atoms with Crippen molar-refractivity contribution in [2.45, 2.75) is 25.2 Å². The number of hydrogen-bond acceptors (Lipinski definition) is 9. The molecule has 0 aliphatic rings. The first-order chi connectivity index (χ1) is 16.4. The summed E-state index contributed by atoms with van der Waals surface area (Å²) in [4.78, 5) is 19.1. The number of nitrogens with one attached hydrogen (secondary N) is 2. The third-order valence-electron chi connectivity index (χ3n) is 4.94. The molecule has 0 aliphatic heterocycles. The Morgan fingerprint density at radius 1 is 1.03 bits per heavy atom. The van der Waals surface area contributed by atoms with Crippen LogP contribution < -0.4 is 10.0 Å². The van der Waals surface area contributed by atoms with Crippen LogP contribution in [0.5, 0.6) is 0 Å². The van der Waals surface area contributed by atoms with E-state index < -0.39 is 10.0 Å².